The Hall–Kier alpha value is -1.36. The molecule has 0 unspecified atom stereocenters. The van der Waals surface area contributed by atoms with Crippen LogP contribution in [0.15, 0.2) is 41.1 Å². The van der Waals surface area contributed by atoms with Crippen molar-refractivity contribution < 1.29 is 4.79 Å². The number of hydrogen-bond acceptors (Lipinski definition) is 3. The number of amides is 1. The molecule has 0 bridgehead atoms. The normalized spacial score (nSPS) is 14.1. The van der Waals surface area contributed by atoms with Crippen LogP contribution >= 0.6 is 23.7 Å². The molecule has 0 saturated heterocycles. The first-order chi connectivity index (χ1) is 9.34. The summed E-state index contributed by atoms with van der Waals surface area (Å²) in [6, 6.07) is 10.2. The summed E-state index contributed by atoms with van der Waals surface area (Å²) in [7, 11) is 0. The number of fused-ring (bicyclic) bond motifs is 1. The van der Waals surface area contributed by atoms with Crippen LogP contribution in [0.25, 0.3) is 0 Å². The van der Waals surface area contributed by atoms with Gasteiger partial charge in [-0.15, -0.1) is 12.4 Å². The van der Waals surface area contributed by atoms with Crippen molar-refractivity contribution in [2.24, 2.45) is 0 Å². The molecule has 2 aromatic rings. The van der Waals surface area contributed by atoms with E-state index in [0.717, 1.165) is 30.9 Å². The SMILES string of the molecule is Cl.O=C(Cc1ccsc1)N1CCNCc2ccccc21. The van der Waals surface area contributed by atoms with Gasteiger partial charge in [0, 0.05) is 25.3 Å². The first-order valence-corrected chi connectivity index (χ1v) is 7.39. The second-order valence-electron chi connectivity index (χ2n) is 4.66. The Bertz CT molecular complexity index is 571. The van der Waals surface area contributed by atoms with E-state index in [1.54, 1.807) is 11.3 Å². The molecule has 0 radical (unpaired) electrons. The second kappa shape index (κ2) is 6.88. The molecule has 2 heterocycles. The molecule has 0 spiro atoms. The van der Waals surface area contributed by atoms with Gasteiger partial charge in [0.2, 0.25) is 5.91 Å². The number of benzene rings is 1. The number of para-hydroxylation sites is 1. The molecule has 1 aliphatic heterocycles. The molecule has 1 aromatic heterocycles. The van der Waals surface area contributed by atoms with Crippen LogP contribution in [-0.2, 0) is 17.8 Å². The van der Waals surface area contributed by atoms with Crippen molar-refractivity contribution >= 4 is 35.3 Å². The quantitative estimate of drug-likeness (QED) is 0.925. The summed E-state index contributed by atoms with van der Waals surface area (Å²) in [6.07, 6.45) is 0.484. The number of halogens is 1. The maximum absolute atomic E-state index is 12.5. The van der Waals surface area contributed by atoms with Crippen LogP contribution in [0.4, 0.5) is 5.69 Å². The van der Waals surface area contributed by atoms with Gasteiger partial charge in [0.1, 0.15) is 0 Å². The molecule has 0 saturated carbocycles. The third kappa shape index (κ3) is 3.20. The Morgan fingerprint density at radius 2 is 2.15 bits per heavy atom. The fourth-order valence-corrected chi connectivity index (χ4v) is 3.05. The summed E-state index contributed by atoms with van der Waals surface area (Å²) >= 11 is 1.63. The largest absolute Gasteiger partial charge is 0.311 e. The van der Waals surface area contributed by atoms with E-state index < -0.39 is 0 Å². The van der Waals surface area contributed by atoms with Gasteiger partial charge < -0.3 is 10.2 Å². The minimum Gasteiger partial charge on any atom is -0.311 e. The summed E-state index contributed by atoms with van der Waals surface area (Å²) in [5.74, 6) is 0.176. The molecule has 3 rings (SSSR count). The Labute approximate surface area is 129 Å². The molecule has 1 N–H and O–H groups in total. The molecule has 0 aliphatic carbocycles. The van der Waals surface area contributed by atoms with Crippen molar-refractivity contribution in [2.45, 2.75) is 13.0 Å². The molecule has 1 aromatic carbocycles. The first kappa shape index (κ1) is 15.0. The number of hydrogen-bond donors (Lipinski definition) is 1. The summed E-state index contributed by atoms with van der Waals surface area (Å²) in [5, 5.41) is 7.41. The van der Waals surface area contributed by atoms with Crippen LogP contribution in [0.1, 0.15) is 11.1 Å². The van der Waals surface area contributed by atoms with E-state index in [0.29, 0.717) is 6.42 Å². The standard InChI is InChI=1S/C15H16N2OS.ClH/c18-15(9-12-5-8-19-11-12)17-7-6-16-10-13-3-1-2-4-14(13)17;/h1-5,8,11,16H,6-7,9-10H2;1H. The minimum atomic E-state index is 0. The fourth-order valence-electron chi connectivity index (χ4n) is 2.38. The van der Waals surface area contributed by atoms with Crippen LogP contribution in [0.3, 0.4) is 0 Å². The lowest BCUT2D eigenvalue weighted by Crippen LogP contribution is -2.35. The van der Waals surface area contributed by atoms with Crippen molar-refractivity contribution in [3.8, 4) is 0 Å². The molecular formula is C15H17ClN2OS. The number of rotatable bonds is 2. The Kier molecular flexibility index (Phi) is 5.17. The van der Waals surface area contributed by atoms with Gasteiger partial charge in [-0.3, -0.25) is 4.79 Å². The van der Waals surface area contributed by atoms with Gasteiger partial charge >= 0.3 is 0 Å². The summed E-state index contributed by atoms with van der Waals surface area (Å²) in [5.41, 5.74) is 3.34. The van der Waals surface area contributed by atoms with Crippen LogP contribution in [0.5, 0.6) is 0 Å². The van der Waals surface area contributed by atoms with Crippen molar-refractivity contribution in [3.05, 3.63) is 52.2 Å². The van der Waals surface area contributed by atoms with Gasteiger partial charge in [0.25, 0.3) is 0 Å². The number of carbonyl (C=O) groups excluding carboxylic acids is 1. The maximum atomic E-state index is 12.5. The van der Waals surface area contributed by atoms with Gasteiger partial charge in [-0.2, -0.15) is 11.3 Å². The average Bonchev–Trinajstić information content (AvgIpc) is 2.83. The maximum Gasteiger partial charge on any atom is 0.231 e. The lowest BCUT2D eigenvalue weighted by Gasteiger charge is -2.22. The average molecular weight is 309 g/mol. The molecule has 20 heavy (non-hydrogen) atoms. The zero-order chi connectivity index (χ0) is 13.1. The van der Waals surface area contributed by atoms with E-state index in [1.165, 1.54) is 5.56 Å². The highest BCUT2D eigenvalue weighted by Gasteiger charge is 2.20. The smallest absolute Gasteiger partial charge is 0.231 e. The molecule has 0 fully saturated rings. The lowest BCUT2D eigenvalue weighted by atomic mass is 10.1. The van der Waals surface area contributed by atoms with Crippen LogP contribution < -0.4 is 10.2 Å². The molecule has 106 valence electrons. The number of nitrogens with zero attached hydrogens (tertiary/aromatic N) is 1. The van der Waals surface area contributed by atoms with Crippen molar-refractivity contribution in [2.75, 3.05) is 18.0 Å². The summed E-state index contributed by atoms with van der Waals surface area (Å²) in [6.45, 7) is 2.41. The van der Waals surface area contributed by atoms with E-state index in [2.05, 4.69) is 11.4 Å². The monoisotopic (exact) mass is 308 g/mol. The van der Waals surface area contributed by atoms with E-state index >= 15 is 0 Å². The Balaban J connectivity index is 0.00000147. The van der Waals surface area contributed by atoms with Gasteiger partial charge in [0.05, 0.1) is 6.42 Å². The Morgan fingerprint density at radius 3 is 2.95 bits per heavy atom. The molecular weight excluding hydrogens is 292 g/mol. The minimum absolute atomic E-state index is 0. The van der Waals surface area contributed by atoms with Crippen molar-refractivity contribution in [3.63, 3.8) is 0 Å². The highest BCUT2D eigenvalue weighted by atomic mass is 35.5. The fraction of sp³-hybridized carbons (Fsp3) is 0.267. The van der Waals surface area contributed by atoms with Crippen LogP contribution in [0, 0.1) is 0 Å². The van der Waals surface area contributed by atoms with E-state index in [-0.39, 0.29) is 18.3 Å². The van der Waals surface area contributed by atoms with Gasteiger partial charge in [-0.1, -0.05) is 18.2 Å². The highest BCUT2D eigenvalue weighted by Crippen LogP contribution is 2.23. The molecule has 3 nitrogen and oxygen atoms in total. The van der Waals surface area contributed by atoms with E-state index in [4.69, 9.17) is 0 Å². The van der Waals surface area contributed by atoms with Crippen LogP contribution in [0.2, 0.25) is 0 Å². The third-order valence-electron chi connectivity index (χ3n) is 3.35. The molecule has 1 amide bonds. The van der Waals surface area contributed by atoms with Gasteiger partial charge in [-0.25, -0.2) is 0 Å². The first-order valence-electron chi connectivity index (χ1n) is 6.44. The summed E-state index contributed by atoms with van der Waals surface area (Å²) in [4.78, 5) is 14.4. The van der Waals surface area contributed by atoms with E-state index in [1.807, 2.05) is 39.9 Å². The van der Waals surface area contributed by atoms with Gasteiger partial charge in [-0.05, 0) is 34.0 Å². The number of thiophene rings is 1. The number of nitrogens with one attached hydrogen (secondary N) is 1. The zero-order valence-electron chi connectivity index (χ0n) is 11.0. The second-order valence-corrected chi connectivity index (χ2v) is 5.44. The topological polar surface area (TPSA) is 32.3 Å². The highest BCUT2D eigenvalue weighted by molar-refractivity contribution is 7.08. The van der Waals surface area contributed by atoms with Crippen LogP contribution in [-0.4, -0.2) is 19.0 Å². The Morgan fingerprint density at radius 1 is 1.30 bits per heavy atom. The van der Waals surface area contributed by atoms with Gasteiger partial charge in [0.15, 0.2) is 0 Å². The van der Waals surface area contributed by atoms with Crippen molar-refractivity contribution in [1.82, 2.24) is 5.32 Å². The lowest BCUT2D eigenvalue weighted by molar-refractivity contribution is -0.117. The summed E-state index contributed by atoms with van der Waals surface area (Å²) < 4.78 is 0. The number of carbonyl (C=O) groups is 1. The van der Waals surface area contributed by atoms with Crippen molar-refractivity contribution in [1.29, 1.82) is 0 Å². The third-order valence-corrected chi connectivity index (χ3v) is 4.08. The number of anilines is 1. The predicted molar refractivity (Wildman–Crippen MR) is 85.8 cm³/mol. The molecule has 0 atom stereocenters. The molecule has 1 aliphatic rings. The predicted octanol–water partition coefficient (Wildman–Crippen LogP) is 2.85. The van der Waals surface area contributed by atoms with E-state index in [9.17, 15) is 4.79 Å². The molecule has 5 heteroatoms. The zero-order valence-corrected chi connectivity index (χ0v) is 12.7.